The molecule has 11 heavy (non-hydrogen) atoms. The van der Waals surface area contributed by atoms with Gasteiger partial charge in [-0.3, -0.25) is 4.79 Å². The second-order valence-corrected chi connectivity index (χ2v) is 2.25. The summed E-state index contributed by atoms with van der Waals surface area (Å²) in [6.45, 7) is 0. The maximum Gasteiger partial charge on any atom is 0.175 e. The molecule has 1 aliphatic carbocycles. The van der Waals surface area contributed by atoms with E-state index in [2.05, 4.69) is 4.74 Å². The number of esters is 1. The molecule has 0 N–H and O–H groups in total. The second kappa shape index (κ2) is 4.88. The van der Waals surface area contributed by atoms with Crippen LogP contribution in [-0.4, -0.2) is 18.9 Å². The molecule has 0 spiro atoms. The minimum absolute atomic E-state index is 0. The van der Waals surface area contributed by atoms with Crippen LogP contribution in [-0.2, 0) is 47.0 Å². The zero-order chi connectivity index (χ0) is 7.56. The summed E-state index contributed by atoms with van der Waals surface area (Å²) in [7, 11) is 1.29. The maximum atomic E-state index is 10.8. The molecule has 0 saturated heterocycles. The van der Waals surface area contributed by atoms with Gasteiger partial charge in [-0.1, -0.05) is 6.42 Å². The molecule has 0 aromatic heterocycles. The topological polar surface area (TPSA) is 43.4 Å². The van der Waals surface area contributed by atoms with Crippen LogP contribution in [0.15, 0.2) is 0 Å². The molecule has 0 atom stereocenters. The number of carbonyl (C=O) groups is 2. The normalized spacial score (nSPS) is 16.1. The molecular weight excluding hydrogens is 221 g/mol. The Morgan fingerprint density at radius 2 is 2.27 bits per heavy atom. The largest absolute Gasteiger partial charge is 0.491 e. The van der Waals surface area contributed by atoms with Gasteiger partial charge in [0.2, 0.25) is 0 Å². The Labute approximate surface area is 90.7 Å². The van der Waals surface area contributed by atoms with Gasteiger partial charge in [0.05, 0.1) is 7.11 Å². The van der Waals surface area contributed by atoms with Crippen molar-refractivity contribution in [2.75, 3.05) is 7.11 Å². The summed E-state index contributed by atoms with van der Waals surface area (Å²) < 4.78 is 4.41. The zero-order valence-electron chi connectivity index (χ0n) is 6.42. The number of methoxy groups -OCH3 is 1. The van der Waals surface area contributed by atoms with Gasteiger partial charge in [-0.2, -0.15) is 0 Å². The third-order valence-corrected chi connectivity index (χ3v) is 1.60. The van der Waals surface area contributed by atoms with Crippen molar-refractivity contribution in [2.45, 2.75) is 19.3 Å². The Balaban J connectivity index is 0.000001000. The van der Waals surface area contributed by atoms with Crippen molar-refractivity contribution in [2.24, 2.45) is 0 Å². The quantitative estimate of drug-likeness (QED) is 0.486. The third-order valence-electron chi connectivity index (χ3n) is 1.60. The average molecular weight is 230 g/mol. The number of rotatable bonds is 1. The fraction of sp³-hybridized carbons (Fsp3) is 0.571. The minimum atomic E-state index is -0.456. The minimum Gasteiger partial charge on any atom is -0.491 e. The molecule has 0 aliphatic heterocycles. The number of hydrogen-bond acceptors (Lipinski definition) is 3. The molecule has 0 unspecified atom stereocenters. The van der Waals surface area contributed by atoms with Crippen molar-refractivity contribution in [3.05, 3.63) is 5.92 Å². The van der Waals surface area contributed by atoms with E-state index in [1.807, 2.05) is 0 Å². The first-order chi connectivity index (χ1) is 4.75. The van der Waals surface area contributed by atoms with Crippen LogP contribution < -0.4 is 0 Å². The number of Topliss-reactive ketones (excluding diaryl/α,β-unsaturated/α-hetero) is 1. The number of ketones is 1. The first kappa shape index (κ1) is 11.1. The van der Waals surface area contributed by atoms with Crippen LogP contribution in [0.4, 0.5) is 0 Å². The molecule has 3 nitrogen and oxygen atoms in total. The second-order valence-electron chi connectivity index (χ2n) is 2.25. The summed E-state index contributed by atoms with van der Waals surface area (Å²) in [6, 6.07) is 0. The van der Waals surface area contributed by atoms with Gasteiger partial charge in [-0.25, -0.2) is 5.92 Å². The van der Waals surface area contributed by atoms with E-state index in [9.17, 15) is 9.59 Å². The summed E-state index contributed by atoms with van der Waals surface area (Å²) >= 11 is 0. The van der Waals surface area contributed by atoms with Crippen molar-refractivity contribution in [3.8, 4) is 0 Å². The van der Waals surface area contributed by atoms with E-state index in [1.165, 1.54) is 7.11 Å². The number of ether oxygens (including phenoxy) is 1. The third kappa shape index (κ3) is 2.56. The summed E-state index contributed by atoms with van der Waals surface area (Å²) in [5.74, 6) is -0.170. The molecule has 1 rings (SSSR count). The van der Waals surface area contributed by atoms with Crippen molar-refractivity contribution in [1.29, 1.82) is 0 Å². The van der Waals surface area contributed by atoms with Gasteiger partial charge in [-0.15, -0.1) is 6.42 Å². The molecule has 0 bridgehead atoms. The van der Waals surface area contributed by atoms with Gasteiger partial charge < -0.3 is 9.53 Å². The molecule has 1 radical (unpaired) electrons. The standard InChI is InChI=1S/C7H9O3.Y/c1-10-7(9)5-3-2-4-6(5)8;/h2-4H2,1H3;/q-1;. The summed E-state index contributed by atoms with van der Waals surface area (Å²) in [6.07, 6.45) is 1.89. The van der Waals surface area contributed by atoms with Gasteiger partial charge in [0, 0.05) is 38.5 Å². The van der Waals surface area contributed by atoms with Crippen molar-refractivity contribution in [1.82, 2.24) is 0 Å². The van der Waals surface area contributed by atoms with E-state index < -0.39 is 5.97 Å². The van der Waals surface area contributed by atoms with Crippen molar-refractivity contribution < 1.29 is 47.0 Å². The summed E-state index contributed by atoms with van der Waals surface area (Å²) in [4.78, 5) is 21.6. The predicted molar refractivity (Wildman–Crippen MR) is 34.1 cm³/mol. The molecule has 1 saturated carbocycles. The van der Waals surface area contributed by atoms with Crippen molar-refractivity contribution >= 4 is 11.8 Å². The molecule has 59 valence electrons. The predicted octanol–water partition coefficient (Wildman–Crippen LogP) is 0.484. The Bertz CT molecular complexity index is 167. The molecule has 0 amide bonds. The van der Waals surface area contributed by atoms with Crippen LogP contribution in [0.2, 0.25) is 0 Å². The fourth-order valence-corrected chi connectivity index (χ4v) is 1.06. The zero-order valence-corrected chi connectivity index (χ0v) is 9.26. The SMILES string of the molecule is COC(=O)[C-]1CCCC1=O.[Y]. The first-order valence-electron chi connectivity index (χ1n) is 3.23. The van der Waals surface area contributed by atoms with E-state index in [0.29, 0.717) is 18.8 Å². The van der Waals surface area contributed by atoms with Gasteiger partial charge >= 0.3 is 0 Å². The molecular formula is C7H9O3Y-. The Kier molecular flexibility index (Phi) is 4.94. The van der Waals surface area contributed by atoms with Crippen LogP contribution >= 0.6 is 0 Å². The summed E-state index contributed by atoms with van der Waals surface area (Å²) in [5.41, 5.74) is 0. The molecule has 0 heterocycles. The van der Waals surface area contributed by atoms with Gasteiger partial charge in [-0.05, 0) is 6.42 Å². The molecule has 4 heteroatoms. The van der Waals surface area contributed by atoms with Crippen LogP contribution in [0.1, 0.15) is 19.3 Å². The average Bonchev–Trinajstić information content (AvgIpc) is 2.34. The van der Waals surface area contributed by atoms with E-state index in [4.69, 9.17) is 0 Å². The maximum absolute atomic E-state index is 10.8. The van der Waals surface area contributed by atoms with Gasteiger partial charge in [0.15, 0.2) is 5.97 Å². The molecule has 0 aromatic rings. The Morgan fingerprint density at radius 1 is 1.64 bits per heavy atom. The van der Waals surface area contributed by atoms with Gasteiger partial charge in [0.25, 0.3) is 0 Å². The molecule has 0 aromatic carbocycles. The van der Waals surface area contributed by atoms with E-state index in [1.54, 1.807) is 0 Å². The Hall–Kier alpha value is 0.114. The van der Waals surface area contributed by atoms with Crippen molar-refractivity contribution in [3.63, 3.8) is 0 Å². The monoisotopic (exact) mass is 230 g/mol. The van der Waals surface area contributed by atoms with E-state index >= 15 is 0 Å². The van der Waals surface area contributed by atoms with E-state index in [0.717, 1.165) is 6.42 Å². The Morgan fingerprint density at radius 3 is 2.64 bits per heavy atom. The van der Waals surface area contributed by atoms with Crippen LogP contribution in [0.3, 0.4) is 0 Å². The molecule has 1 aliphatic rings. The smallest absolute Gasteiger partial charge is 0.175 e. The van der Waals surface area contributed by atoms with Crippen LogP contribution in [0, 0.1) is 5.92 Å². The van der Waals surface area contributed by atoms with Gasteiger partial charge in [0.1, 0.15) is 0 Å². The van der Waals surface area contributed by atoms with Crippen LogP contribution in [0.5, 0.6) is 0 Å². The number of hydrogen-bond donors (Lipinski definition) is 0. The first-order valence-corrected chi connectivity index (χ1v) is 3.23. The molecule has 1 fully saturated rings. The summed E-state index contributed by atoms with van der Waals surface area (Å²) in [5, 5.41) is 0. The number of carbonyl (C=O) groups excluding carboxylic acids is 2. The fourth-order valence-electron chi connectivity index (χ4n) is 1.06. The van der Waals surface area contributed by atoms with E-state index in [-0.39, 0.29) is 38.5 Å². The van der Waals surface area contributed by atoms with Crippen LogP contribution in [0.25, 0.3) is 0 Å².